The molecule has 0 fully saturated rings. The van der Waals surface area contributed by atoms with Crippen LogP contribution in [0.1, 0.15) is 201 Å². The highest BCUT2D eigenvalue weighted by atomic mass is 16.6. The van der Waals surface area contributed by atoms with Crippen LogP contribution in [0.15, 0.2) is 60.8 Å². The third-order valence-corrected chi connectivity index (χ3v) is 9.00. The smallest absolute Gasteiger partial charge is 0.306 e. The fraction of sp³-hybridized carbons (Fsp3) is 0.723. The molecule has 0 radical (unpaired) electrons. The molecule has 0 aromatic carbocycles. The lowest BCUT2D eigenvalue weighted by atomic mass is 10.1. The highest BCUT2D eigenvalue weighted by molar-refractivity contribution is 5.71. The molecule has 1 atom stereocenters. The molecule has 0 saturated heterocycles. The van der Waals surface area contributed by atoms with E-state index in [4.69, 9.17) is 14.2 Å². The second-order valence-corrected chi connectivity index (χ2v) is 14.2. The lowest BCUT2D eigenvalue weighted by molar-refractivity contribution is -0.167. The van der Waals surface area contributed by atoms with Crippen LogP contribution in [-0.2, 0) is 28.6 Å². The number of rotatable bonds is 38. The first-order chi connectivity index (χ1) is 26.0. The van der Waals surface area contributed by atoms with Crippen LogP contribution in [0.2, 0.25) is 0 Å². The van der Waals surface area contributed by atoms with E-state index in [9.17, 15) is 14.4 Å². The van der Waals surface area contributed by atoms with Crippen LogP contribution < -0.4 is 0 Å². The number of carbonyl (C=O) groups is 3. The van der Waals surface area contributed by atoms with Gasteiger partial charge in [-0.1, -0.05) is 152 Å². The highest BCUT2D eigenvalue weighted by Gasteiger charge is 2.19. The highest BCUT2D eigenvalue weighted by Crippen LogP contribution is 2.12. The molecule has 0 aliphatic heterocycles. The molecule has 1 unspecified atom stereocenters. The van der Waals surface area contributed by atoms with E-state index < -0.39 is 6.10 Å². The SMILES string of the molecule is CC/C=C\C/C=C\CCCCC(=O)OCC(COC(=O)CCCCCCCC/C=C\C=C/CCCCC)OC(=O)CCCCCCC/C=C\CCCC. The number of unbranched alkanes of at least 4 members (excludes halogenated alkanes) is 18. The quantitative estimate of drug-likeness (QED) is 0.0206. The van der Waals surface area contributed by atoms with Gasteiger partial charge in [-0.2, -0.15) is 0 Å². The van der Waals surface area contributed by atoms with Crippen LogP contribution in [0.25, 0.3) is 0 Å². The zero-order valence-electron chi connectivity index (χ0n) is 34.5. The molecule has 0 rings (SSSR count). The summed E-state index contributed by atoms with van der Waals surface area (Å²) in [4.78, 5) is 37.6. The number of allylic oxidation sites excluding steroid dienone is 10. The molecular weight excluding hydrogens is 661 g/mol. The van der Waals surface area contributed by atoms with Crippen molar-refractivity contribution in [3.05, 3.63) is 60.8 Å². The van der Waals surface area contributed by atoms with Gasteiger partial charge in [0, 0.05) is 19.3 Å². The lowest BCUT2D eigenvalue weighted by Crippen LogP contribution is -2.30. The summed E-state index contributed by atoms with van der Waals surface area (Å²) >= 11 is 0. The Morgan fingerprint density at radius 3 is 1.36 bits per heavy atom. The Balaban J connectivity index is 4.41. The summed E-state index contributed by atoms with van der Waals surface area (Å²) in [7, 11) is 0. The molecule has 0 aliphatic carbocycles. The van der Waals surface area contributed by atoms with E-state index in [0.29, 0.717) is 19.3 Å². The van der Waals surface area contributed by atoms with Crippen molar-refractivity contribution in [1.82, 2.24) is 0 Å². The molecule has 0 spiro atoms. The van der Waals surface area contributed by atoms with Gasteiger partial charge in [0.05, 0.1) is 0 Å². The molecule has 304 valence electrons. The summed E-state index contributed by atoms with van der Waals surface area (Å²) in [6, 6.07) is 0. The predicted octanol–water partition coefficient (Wildman–Crippen LogP) is 13.7. The fourth-order valence-corrected chi connectivity index (χ4v) is 5.68. The minimum atomic E-state index is -0.792. The van der Waals surface area contributed by atoms with E-state index in [1.807, 2.05) is 0 Å². The van der Waals surface area contributed by atoms with Crippen LogP contribution in [0.3, 0.4) is 0 Å². The van der Waals surface area contributed by atoms with Crippen molar-refractivity contribution < 1.29 is 28.6 Å². The average Bonchev–Trinajstić information content (AvgIpc) is 3.15. The van der Waals surface area contributed by atoms with Crippen LogP contribution in [0.5, 0.6) is 0 Å². The van der Waals surface area contributed by atoms with Crippen molar-refractivity contribution in [3.8, 4) is 0 Å². The monoisotopic (exact) mass is 741 g/mol. The van der Waals surface area contributed by atoms with Crippen LogP contribution in [0, 0.1) is 0 Å². The van der Waals surface area contributed by atoms with Gasteiger partial charge in [-0.15, -0.1) is 0 Å². The van der Waals surface area contributed by atoms with Crippen molar-refractivity contribution in [2.24, 2.45) is 0 Å². The molecule has 6 nitrogen and oxygen atoms in total. The summed E-state index contributed by atoms with van der Waals surface area (Å²) in [5, 5.41) is 0. The third-order valence-electron chi connectivity index (χ3n) is 9.00. The number of carbonyl (C=O) groups excluding carboxylic acids is 3. The Labute approximate surface area is 326 Å². The second kappa shape index (κ2) is 41.9. The number of hydrogen-bond acceptors (Lipinski definition) is 6. The van der Waals surface area contributed by atoms with Crippen molar-refractivity contribution in [2.45, 2.75) is 207 Å². The van der Waals surface area contributed by atoms with E-state index in [2.05, 4.69) is 81.5 Å². The molecule has 0 aliphatic rings. The number of ether oxygens (including phenoxy) is 3. The summed E-state index contributed by atoms with van der Waals surface area (Å²) in [5.74, 6) is -0.960. The van der Waals surface area contributed by atoms with E-state index in [1.54, 1.807) is 0 Å². The Kier molecular flexibility index (Phi) is 39.6. The molecule has 0 amide bonds. The van der Waals surface area contributed by atoms with Crippen molar-refractivity contribution in [1.29, 1.82) is 0 Å². The number of hydrogen-bond donors (Lipinski definition) is 0. The second-order valence-electron chi connectivity index (χ2n) is 14.2. The summed E-state index contributed by atoms with van der Waals surface area (Å²) in [5.41, 5.74) is 0. The van der Waals surface area contributed by atoms with Crippen LogP contribution in [0.4, 0.5) is 0 Å². The third kappa shape index (κ3) is 40.1. The minimum Gasteiger partial charge on any atom is -0.462 e. The van der Waals surface area contributed by atoms with Gasteiger partial charge in [0.15, 0.2) is 6.10 Å². The Hall–Kier alpha value is -2.89. The van der Waals surface area contributed by atoms with Gasteiger partial charge in [-0.05, 0) is 89.9 Å². The molecule has 0 aromatic heterocycles. The average molecular weight is 741 g/mol. The van der Waals surface area contributed by atoms with Gasteiger partial charge in [0.2, 0.25) is 0 Å². The Morgan fingerprint density at radius 1 is 0.415 bits per heavy atom. The number of esters is 3. The maximum Gasteiger partial charge on any atom is 0.306 e. The molecule has 0 aromatic rings. The standard InChI is InChI=1S/C47H80O6/c1-4-7-10-13-16-19-21-22-23-24-26-28-31-34-37-40-46(49)52-43-44(42-51-45(48)39-36-33-30-27-18-15-12-9-6-3)53-47(50)41-38-35-32-29-25-20-17-14-11-8-5-2/h9,12,14,16-19,21-22,27,44H,4-8,10-11,13,15,20,23-26,28-43H2,1-3H3/b12-9-,17-14-,19-16-,22-21-,27-18-. The normalized spacial score (nSPS) is 12.6. The molecular formula is C47H80O6. The van der Waals surface area contributed by atoms with Crippen molar-refractivity contribution >= 4 is 17.9 Å². The van der Waals surface area contributed by atoms with Crippen LogP contribution in [-0.4, -0.2) is 37.2 Å². The Bertz CT molecular complexity index is 991. The molecule has 0 N–H and O–H groups in total. The zero-order chi connectivity index (χ0) is 38.7. The van der Waals surface area contributed by atoms with Gasteiger partial charge >= 0.3 is 17.9 Å². The van der Waals surface area contributed by atoms with Crippen molar-refractivity contribution in [2.75, 3.05) is 13.2 Å². The van der Waals surface area contributed by atoms with Gasteiger partial charge in [-0.3, -0.25) is 14.4 Å². The Morgan fingerprint density at radius 2 is 0.811 bits per heavy atom. The minimum absolute atomic E-state index is 0.0949. The largest absolute Gasteiger partial charge is 0.462 e. The predicted molar refractivity (Wildman–Crippen MR) is 224 cm³/mol. The summed E-state index contributed by atoms with van der Waals surface area (Å²) in [6.45, 7) is 6.37. The van der Waals surface area contributed by atoms with E-state index in [1.165, 1.54) is 70.6 Å². The van der Waals surface area contributed by atoms with Crippen LogP contribution >= 0.6 is 0 Å². The topological polar surface area (TPSA) is 78.9 Å². The maximum absolute atomic E-state index is 12.7. The first-order valence-corrected chi connectivity index (χ1v) is 21.8. The molecule has 0 heterocycles. The molecule has 53 heavy (non-hydrogen) atoms. The molecule has 6 heteroatoms. The zero-order valence-corrected chi connectivity index (χ0v) is 34.5. The first kappa shape index (κ1) is 50.1. The van der Waals surface area contributed by atoms with Gasteiger partial charge < -0.3 is 14.2 Å². The first-order valence-electron chi connectivity index (χ1n) is 21.8. The van der Waals surface area contributed by atoms with Gasteiger partial charge in [0.1, 0.15) is 13.2 Å². The lowest BCUT2D eigenvalue weighted by Gasteiger charge is -2.18. The summed E-state index contributed by atoms with van der Waals surface area (Å²) in [6.07, 6.45) is 49.2. The fourth-order valence-electron chi connectivity index (χ4n) is 5.68. The molecule has 0 saturated carbocycles. The van der Waals surface area contributed by atoms with Gasteiger partial charge in [-0.25, -0.2) is 0 Å². The van der Waals surface area contributed by atoms with Gasteiger partial charge in [0.25, 0.3) is 0 Å². The summed E-state index contributed by atoms with van der Waals surface area (Å²) < 4.78 is 16.6. The molecule has 0 bridgehead atoms. The van der Waals surface area contributed by atoms with E-state index in [0.717, 1.165) is 89.9 Å². The van der Waals surface area contributed by atoms with E-state index in [-0.39, 0.29) is 31.1 Å². The van der Waals surface area contributed by atoms with E-state index >= 15 is 0 Å². The maximum atomic E-state index is 12.7. The van der Waals surface area contributed by atoms with Crippen molar-refractivity contribution in [3.63, 3.8) is 0 Å².